The van der Waals surface area contributed by atoms with E-state index in [0.717, 1.165) is 25.9 Å². The number of likely N-dealkylation sites (tertiary alicyclic amines) is 1. The van der Waals surface area contributed by atoms with Gasteiger partial charge in [-0.2, -0.15) is 0 Å². The lowest BCUT2D eigenvalue weighted by Gasteiger charge is -2.35. The molecule has 1 amide bonds. The van der Waals surface area contributed by atoms with Crippen LogP contribution in [-0.4, -0.2) is 30.4 Å². The number of amides is 1. The van der Waals surface area contributed by atoms with Crippen molar-refractivity contribution < 1.29 is 4.79 Å². The molecule has 2 aliphatic rings. The van der Waals surface area contributed by atoms with Gasteiger partial charge in [0.05, 0.1) is 0 Å². The first-order valence-electron chi connectivity index (χ1n) is 6.82. The zero-order chi connectivity index (χ0) is 11.4. The maximum Gasteiger partial charge on any atom is 0.226 e. The molecule has 3 heteroatoms. The number of hydrogen-bond acceptors (Lipinski definition) is 2. The maximum absolute atomic E-state index is 12.4. The first-order chi connectivity index (χ1) is 7.83. The lowest BCUT2D eigenvalue weighted by Crippen LogP contribution is -2.44. The Balaban J connectivity index is 1.95. The van der Waals surface area contributed by atoms with E-state index in [-0.39, 0.29) is 5.92 Å². The standard InChI is InChI=1S/C13H24N2O/c14-10-11-6-2-3-7-12(11)13(16)15-8-4-1-5-9-15/h11-12H,1-10,14H2. The van der Waals surface area contributed by atoms with Crippen LogP contribution in [-0.2, 0) is 4.79 Å². The molecule has 16 heavy (non-hydrogen) atoms. The number of nitrogens with two attached hydrogens (primary N) is 1. The number of piperidine rings is 1. The largest absolute Gasteiger partial charge is 0.342 e. The van der Waals surface area contributed by atoms with Crippen molar-refractivity contribution >= 4 is 5.91 Å². The second-order valence-corrected chi connectivity index (χ2v) is 5.27. The van der Waals surface area contributed by atoms with Crippen LogP contribution in [0.1, 0.15) is 44.9 Å². The van der Waals surface area contributed by atoms with Gasteiger partial charge in [0.25, 0.3) is 0 Å². The molecule has 0 bridgehead atoms. The van der Waals surface area contributed by atoms with Crippen LogP contribution in [0.15, 0.2) is 0 Å². The Hall–Kier alpha value is -0.570. The molecule has 1 aliphatic heterocycles. The summed E-state index contributed by atoms with van der Waals surface area (Å²) in [5.41, 5.74) is 5.79. The van der Waals surface area contributed by atoms with Gasteiger partial charge in [-0.05, 0) is 44.6 Å². The first-order valence-corrected chi connectivity index (χ1v) is 6.82. The summed E-state index contributed by atoms with van der Waals surface area (Å²) in [5.74, 6) is 1.08. The van der Waals surface area contributed by atoms with Gasteiger partial charge in [-0.25, -0.2) is 0 Å². The molecular weight excluding hydrogens is 200 g/mol. The molecule has 2 rings (SSSR count). The highest BCUT2D eigenvalue weighted by atomic mass is 16.2. The molecule has 1 heterocycles. The van der Waals surface area contributed by atoms with Crippen molar-refractivity contribution in [1.29, 1.82) is 0 Å². The Morgan fingerprint density at radius 3 is 2.44 bits per heavy atom. The number of carbonyl (C=O) groups is 1. The molecule has 2 N–H and O–H groups in total. The van der Waals surface area contributed by atoms with Crippen molar-refractivity contribution in [2.24, 2.45) is 17.6 Å². The highest BCUT2D eigenvalue weighted by molar-refractivity contribution is 5.79. The van der Waals surface area contributed by atoms with Crippen LogP contribution in [0.5, 0.6) is 0 Å². The average molecular weight is 224 g/mol. The minimum Gasteiger partial charge on any atom is -0.342 e. The maximum atomic E-state index is 12.4. The predicted octanol–water partition coefficient (Wildman–Crippen LogP) is 1.76. The SMILES string of the molecule is NCC1CCCCC1C(=O)N1CCCCC1. The summed E-state index contributed by atoms with van der Waals surface area (Å²) in [6.45, 7) is 2.64. The molecule has 1 aliphatic carbocycles. The van der Waals surface area contributed by atoms with Crippen LogP contribution < -0.4 is 5.73 Å². The topological polar surface area (TPSA) is 46.3 Å². The van der Waals surface area contributed by atoms with Crippen molar-refractivity contribution in [3.05, 3.63) is 0 Å². The van der Waals surface area contributed by atoms with Gasteiger partial charge in [0, 0.05) is 19.0 Å². The molecule has 2 unspecified atom stereocenters. The van der Waals surface area contributed by atoms with Crippen LogP contribution in [0.25, 0.3) is 0 Å². The normalized spacial score (nSPS) is 31.4. The van der Waals surface area contributed by atoms with E-state index < -0.39 is 0 Å². The van der Waals surface area contributed by atoms with E-state index in [1.165, 1.54) is 32.1 Å². The third-order valence-electron chi connectivity index (χ3n) is 4.20. The summed E-state index contributed by atoms with van der Waals surface area (Å²) in [5, 5.41) is 0. The van der Waals surface area contributed by atoms with Crippen molar-refractivity contribution in [2.45, 2.75) is 44.9 Å². The lowest BCUT2D eigenvalue weighted by molar-refractivity contribution is -0.139. The van der Waals surface area contributed by atoms with E-state index in [9.17, 15) is 4.79 Å². The molecule has 0 aromatic rings. The Morgan fingerprint density at radius 1 is 1.06 bits per heavy atom. The molecule has 2 atom stereocenters. The molecule has 92 valence electrons. The van der Waals surface area contributed by atoms with E-state index in [2.05, 4.69) is 4.90 Å². The highest BCUT2D eigenvalue weighted by Gasteiger charge is 2.33. The quantitative estimate of drug-likeness (QED) is 0.777. The Labute approximate surface area is 98.4 Å². The molecule has 0 aromatic heterocycles. The lowest BCUT2D eigenvalue weighted by atomic mass is 9.78. The summed E-state index contributed by atoms with van der Waals surface area (Å²) in [6, 6.07) is 0. The van der Waals surface area contributed by atoms with Crippen LogP contribution in [0, 0.1) is 11.8 Å². The Morgan fingerprint density at radius 2 is 1.75 bits per heavy atom. The summed E-state index contributed by atoms with van der Waals surface area (Å²) >= 11 is 0. The van der Waals surface area contributed by atoms with Crippen LogP contribution in [0.3, 0.4) is 0 Å². The van der Waals surface area contributed by atoms with E-state index in [1.807, 2.05) is 0 Å². The Bertz CT molecular complexity index is 236. The summed E-state index contributed by atoms with van der Waals surface area (Å²) in [7, 11) is 0. The zero-order valence-electron chi connectivity index (χ0n) is 10.2. The second kappa shape index (κ2) is 5.67. The van der Waals surface area contributed by atoms with E-state index >= 15 is 0 Å². The minimum absolute atomic E-state index is 0.233. The molecule has 3 nitrogen and oxygen atoms in total. The molecule has 1 saturated heterocycles. The van der Waals surface area contributed by atoms with Gasteiger partial charge in [-0.3, -0.25) is 4.79 Å². The van der Waals surface area contributed by atoms with Gasteiger partial charge >= 0.3 is 0 Å². The van der Waals surface area contributed by atoms with Gasteiger partial charge in [-0.1, -0.05) is 12.8 Å². The highest BCUT2D eigenvalue weighted by Crippen LogP contribution is 2.31. The second-order valence-electron chi connectivity index (χ2n) is 5.27. The smallest absolute Gasteiger partial charge is 0.226 e. The molecule has 0 spiro atoms. The van der Waals surface area contributed by atoms with Gasteiger partial charge in [-0.15, -0.1) is 0 Å². The average Bonchev–Trinajstić information content (AvgIpc) is 2.39. The van der Waals surface area contributed by atoms with Gasteiger partial charge in [0.15, 0.2) is 0 Å². The molecule has 0 aromatic carbocycles. The number of rotatable bonds is 2. The zero-order valence-corrected chi connectivity index (χ0v) is 10.2. The summed E-state index contributed by atoms with van der Waals surface area (Å²) in [4.78, 5) is 14.5. The van der Waals surface area contributed by atoms with Crippen molar-refractivity contribution in [3.63, 3.8) is 0 Å². The minimum atomic E-state index is 0.233. The number of carbonyl (C=O) groups excluding carboxylic acids is 1. The molecular formula is C13H24N2O. The van der Waals surface area contributed by atoms with Gasteiger partial charge in [0.1, 0.15) is 0 Å². The van der Waals surface area contributed by atoms with Crippen LogP contribution in [0.2, 0.25) is 0 Å². The Kier molecular flexibility index (Phi) is 4.22. The third-order valence-corrected chi connectivity index (χ3v) is 4.20. The van der Waals surface area contributed by atoms with Crippen LogP contribution >= 0.6 is 0 Å². The van der Waals surface area contributed by atoms with Crippen molar-refractivity contribution in [3.8, 4) is 0 Å². The van der Waals surface area contributed by atoms with E-state index in [0.29, 0.717) is 18.4 Å². The first kappa shape index (κ1) is 11.9. The number of hydrogen-bond donors (Lipinski definition) is 1. The molecule has 0 radical (unpaired) electrons. The molecule has 2 fully saturated rings. The fourth-order valence-corrected chi connectivity index (χ4v) is 3.16. The van der Waals surface area contributed by atoms with Crippen molar-refractivity contribution in [2.75, 3.05) is 19.6 Å². The van der Waals surface area contributed by atoms with E-state index in [4.69, 9.17) is 5.73 Å². The van der Waals surface area contributed by atoms with Crippen molar-refractivity contribution in [1.82, 2.24) is 4.90 Å². The molecule has 1 saturated carbocycles. The monoisotopic (exact) mass is 224 g/mol. The fraction of sp³-hybridized carbons (Fsp3) is 0.923. The predicted molar refractivity (Wildman–Crippen MR) is 64.9 cm³/mol. The number of nitrogens with zero attached hydrogens (tertiary/aromatic N) is 1. The van der Waals surface area contributed by atoms with Gasteiger partial charge in [0.2, 0.25) is 5.91 Å². The third kappa shape index (κ3) is 2.57. The summed E-state index contributed by atoms with van der Waals surface area (Å²) < 4.78 is 0. The summed E-state index contributed by atoms with van der Waals surface area (Å²) in [6.07, 6.45) is 8.34. The van der Waals surface area contributed by atoms with Crippen LogP contribution in [0.4, 0.5) is 0 Å². The van der Waals surface area contributed by atoms with Gasteiger partial charge < -0.3 is 10.6 Å². The fourth-order valence-electron chi connectivity index (χ4n) is 3.16. The van der Waals surface area contributed by atoms with E-state index in [1.54, 1.807) is 0 Å².